The number of nitrogens with one attached hydrogen (secondary N) is 1. The van der Waals surface area contributed by atoms with Crippen LogP contribution in [0.25, 0.3) is 22.2 Å². The molecular weight excluding hydrogens is 506 g/mol. The molecule has 0 aliphatic heterocycles. The number of halogens is 1. The summed E-state index contributed by atoms with van der Waals surface area (Å²) in [4.78, 5) is 15.8. The quantitative estimate of drug-likeness (QED) is 0.234. The summed E-state index contributed by atoms with van der Waals surface area (Å²) in [6, 6.07) is 27.2. The number of fused-ring (bicyclic) bond motifs is 1. The van der Waals surface area contributed by atoms with Crippen molar-refractivity contribution in [2.75, 3.05) is 5.32 Å². The Morgan fingerprint density at radius 1 is 1.03 bits per heavy atom. The lowest BCUT2D eigenvalue weighted by Gasteiger charge is -2.11. The third kappa shape index (κ3) is 4.81. The van der Waals surface area contributed by atoms with E-state index in [2.05, 4.69) is 57.6 Å². The molecule has 174 valence electrons. The van der Waals surface area contributed by atoms with Crippen molar-refractivity contribution in [3.63, 3.8) is 0 Å². The van der Waals surface area contributed by atoms with Crippen molar-refractivity contribution >= 4 is 38.4 Å². The number of aromatic carboxylic acids is 1. The van der Waals surface area contributed by atoms with Gasteiger partial charge in [-0.2, -0.15) is 4.98 Å². The second-order valence-electron chi connectivity index (χ2n) is 8.30. The van der Waals surface area contributed by atoms with Crippen LogP contribution in [0.2, 0.25) is 0 Å². The lowest BCUT2D eigenvalue weighted by molar-refractivity contribution is 0.0697. The number of benzene rings is 4. The molecule has 0 saturated heterocycles. The van der Waals surface area contributed by atoms with Crippen LogP contribution >= 0.6 is 15.9 Å². The fraction of sp³-hybridized carbons (Fsp3) is 0.107. The highest BCUT2D eigenvalue weighted by atomic mass is 79.9. The molecule has 1 aromatic heterocycles. The molecule has 0 bridgehead atoms. The highest BCUT2D eigenvalue weighted by Gasteiger charge is 2.20. The molecule has 0 saturated carbocycles. The Hall–Kier alpha value is -3.97. The van der Waals surface area contributed by atoms with Crippen LogP contribution in [0.15, 0.2) is 93.9 Å². The standard InChI is InChI=1S/C28H22BrN3O3/c1-17(22-8-4-6-19-5-2-3-7-23(19)22)27-31-26(32-35-27)24-15-21(13-14-25(24)29)30-16-18-9-11-20(12-10-18)28(33)34/h2-15,17,30H,16H2,1H3,(H,33,34). The summed E-state index contributed by atoms with van der Waals surface area (Å²) in [6.45, 7) is 2.62. The molecular formula is C28H22BrN3O3. The van der Waals surface area contributed by atoms with Gasteiger partial charge < -0.3 is 14.9 Å². The normalized spacial score (nSPS) is 11.9. The first kappa shape index (κ1) is 22.8. The predicted molar refractivity (Wildman–Crippen MR) is 140 cm³/mol. The second kappa shape index (κ2) is 9.72. The van der Waals surface area contributed by atoms with Gasteiger partial charge in [0.05, 0.1) is 11.5 Å². The topological polar surface area (TPSA) is 88.2 Å². The van der Waals surface area contributed by atoms with E-state index in [4.69, 9.17) is 14.6 Å². The maximum atomic E-state index is 11.0. The molecule has 1 unspecified atom stereocenters. The molecule has 5 aromatic rings. The third-order valence-electron chi connectivity index (χ3n) is 6.01. The first-order valence-corrected chi connectivity index (χ1v) is 12.0. The molecule has 7 heteroatoms. The fourth-order valence-electron chi connectivity index (χ4n) is 4.06. The lowest BCUT2D eigenvalue weighted by Crippen LogP contribution is -2.01. The van der Waals surface area contributed by atoms with Crippen LogP contribution in [0.3, 0.4) is 0 Å². The summed E-state index contributed by atoms with van der Waals surface area (Å²) < 4.78 is 6.55. The number of aromatic nitrogens is 2. The van der Waals surface area contributed by atoms with Crippen molar-refractivity contribution < 1.29 is 14.4 Å². The van der Waals surface area contributed by atoms with Gasteiger partial charge in [0.2, 0.25) is 11.7 Å². The first-order chi connectivity index (χ1) is 17.0. The molecule has 1 heterocycles. The van der Waals surface area contributed by atoms with Crippen LogP contribution in [-0.2, 0) is 6.54 Å². The highest BCUT2D eigenvalue weighted by molar-refractivity contribution is 9.10. The van der Waals surface area contributed by atoms with E-state index in [0.29, 0.717) is 18.3 Å². The van der Waals surface area contributed by atoms with E-state index in [9.17, 15) is 4.79 Å². The van der Waals surface area contributed by atoms with Gasteiger partial charge in [-0.3, -0.25) is 0 Å². The van der Waals surface area contributed by atoms with Crippen molar-refractivity contribution in [2.45, 2.75) is 19.4 Å². The minimum Gasteiger partial charge on any atom is -0.478 e. The Labute approximate surface area is 210 Å². The summed E-state index contributed by atoms with van der Waals surface area (Å²) >= 11 is 3.60. The minimum atomic E-state index is -0.934. The average Bonchev–Trinajstić information content (AvgIpc) is 3.38. The summed E-state index contributed by atoms with van der Waals surface area (Å²) in [5.41, 5.74) is 4.09. The zero-order valence-corrected chi connectivity index (χ0v) is 20.5. The fourth-order valence-corrected chi connectivity index (χ4v) is 4.48. The molecule has 5 rings (SSSR count). The molecule has 1 atom stereocenters. The summed E-state index contributed by atoms with van der Waals surface area (Å²) in [6.07, 6.45) is 0. The van der Waals surface area contributed by atoms with E-state index in [1.54, 1.807) is 24.3 Å². The van der Waals surface area contributed by atoms with Crippen molar-refractivity contribution in [1.29, 1.82) is 0 Å². The first-order valence-electron chi connectivity index (χ1n) is 11.2. The summed E-state index contributed by atoms with van der Waals surface area (Å²) in [5.74, 6) is 0.0704. The zero-order valence-electron chi connectivity index (χ0n) is 18.9. The van der Waals surface area contributed by atoms with Gasteiger partial charge in [-0.1, -0.05) is 75.7 Å². The van der Waals surface area contributed by atoms with E-state index in [-0.39, 0.29) is 11.5 Å². The van der Waals surface area contributed by atoms with E-state index in [0.717, 1.165) is 26.9 Å². The van der Waals surface area contributed by atoms with Gasteiger partial charge >= 0.3 is 5.97 Å². The van der Waals surface area contributed by atoms with Gasteiger partial charge in [0, 0.05) is 22.3 Å². The second-order valence-corrected chi connectivity index (χ2v) is 9.15. The van der Waals surface area contributed by atoms with Gasteiger partial charge in [0.15, 0.2) is 0 Å². The predicted octanol–water partition coefficient (Wildman–Crippen LogP) is 7.11. The molecule has 0 fully saturated rings. The highest BCUT2D eigenvalue weighted by Crippen LogP contribution is 2.33. The Bertz CT molecular complexity index is 1510. The Kier molecular flexibility index (Phi) is 6.33. The molecule has 0 radical (unpaired) electrons. The molecule has 2 N–H and O–H groups in total. The van der Waals surface area contributed by atoms with Crippen molar-refractivity contribution in [3.8, 4) is 11.4 Å². The van der Waals surface area contributed by atoms with E-state index in [1.807, 2.05) is 36.4 Å². The van der Waals surface area contributed by atoms with Crippen LogP contribution in [0, 0.1) is 0 Å². The van der Waals surface area contributed by atoms with Crippen LogP contribution in [0.5, 0.6) is 0 Å². The van der Waals surface area contributed by atoms with Gasteiger partial charge in [0.1, 0.15) is 0 Å². The van der Waals surface area contributed by atoms with Crippen LogP contribution in [0.4, 0.5) is 5.69 Å². The number of anilines is 1. The van der Waals surface area contributed by atoms with Crippen LogP contribution in [0.1, 0.15) is 40.2 Å². The SMILES string of the molecule is CC(c1nc(-c2cc(NCc3ccc(C(=O)O)cc3)ccc2Br)no1)c1cccc2ccccc12. The molecule has 4 aromatic carbocycles. The number of nitrogens with zero attached hydrogens (tertiary/aromatic N) is 2. The Morgan fingerprint density at radius 2 is 1.80 bits per heavy atom. The van der Waals surface area contributed by atoms with E-state index < -0.39 is 5.97 Å². The monoisotopic (exact) mass is 527 g/mol. The largest absolute Gasteiger partial charge is 0.478 e. The maximum Gasteiger partial charge on any atom is 0.335 e. The maximum absolute atomic E-state index is 11.0. The van der Waals surface area contributed by atoms with Crippen molar-refractivity contribution in [2.24, 2.45) is 0 Å². The smallest absolute Gasteiger partial charge is 0.335 e. The Morgan fingerprint density at radius 3 is 2.60 bits per heavy atom. The number of hydrogen-bond donors (Lipinski definition) is 2. The number of rotatable bonds is 7. The van der Waals surface area contributed by atoms with Gasteiger partial charge in [-0.25, -0.2) is 4.79 Å². The van der Waals surface area contributed by atoms with E-state index >= 15 is 0 Å². The average molecular weight is 528 g/mol. The summed E-state index contributed by atoms with van der Waals surface area (Å²) in [5, 5.41) is 19.0. The molecule has 35 heavy (non-hydrogen) atoms. The molecule has 6 nitrogen and oxygen atoms in total. The van der Waals surface area contributed by atoms with Crippen LogP contribution in [-0.4, -0.2) is 21.2 Å². The number of hydrogen-bond acceptors (Lipinski definition) is 5. The molecule has 0 aliphatic carbocycles. The third-order valence-corrected chi connectivity index (χ3v) is 6.70. The van der Waals surface area contributed by atoms with E-state index in [1.165, 1.54) is 10.8 Å². The molecule has 0 amide bonds. The number of carboxylic acids is 1. The zero-order chi connectivity index (χ0) is 24.4. The van der Waals surface area contributed by atoms with Gasteiger partial charge in [-0.15, -0.1) is 0 Å². The molecule has 0 spiro atoms. The minimum absolute atomic E-state index is 0.0591. The lowest BCUT2D eigenvalue weighted by atomic mass is 9.95. The van der Waals surface area contributed by atoms with Gasteiger partial charge in [-0.05, 0) is 59.2 Å². The Balaban J connectivity index is 1.36. The summed E-state index contributed by atoms with van der Waals surface area (Å²) in [7, 11) is 0. The van der Waals surface area contributed by atoms with Crippen molar-refractivity contribution in [3.05, 3.63) is 112 Å². The molecule has 0 aliphatic rings. The number of carboxylic acid groups (broad SMARTS) is 1. The van der Waals surface area contributed by atoms with Crippen LogP contribution < -0.4 is 5.32 Å². The van der Waals surface area contributed by atoms with Gasteiger partial charge in [0.25, 0.3) is 0 Å². The number of carbonyl (C=O) groups is 1. The van der Waals surface area contributed by atoms with Crippen molar-refractivity contribution in [1.82, 2.24) is 10.1 Å².